The Labute approximate surface area is 155 Å². The Hall–Kier alpha value is -2.44. The molecule has 1 heterocycles. The summed E-state index contributed by atoms with van der Waals surface area (Å²) < 4.78 is 13.3. The van der Waals surface area contributed by atoms with Crippen LogP contribution in [0.5, 0.6) is 0 Å². The van der Waals surface area contributed by atoms with Crippen molar-refractivity contribution in [2.75, 3.05) is 17.3 Å². The van der Waals surface area contributed by atoms with Gasteiger partial charge in [0.1, 0.15) is 5.82 Å². The van der Waals surface area contributed by atoms with Crippen LogP contribution >= 0.6 is 11.8 Å². The van der Waals surface area contributed by atoms with E-state index in [0.717, 1.165) is 27.8 Å². The summed E-state index contributed by atoms with van der Waals surface area (Å²) in [7, 11) is 0. The highest BCUT2D eigenvalue weighted by molar-refractivity contribution is 8.04. The Balaban J connectivity index is 2.09. The van der Waals surface area contributed by atoms with Crippen LogP contribution in [-0.2, 0) is 9.59 Å². The van der Waals surface area contributed by atoms with Gasteiger partial charge in [0.25, 0.3) is 11.8 Å². The first-order valence-corrected chi connectivity index (χ1v) is 9.12. The van der Waals surface area contributed by atoms with Crippen molar-refractivity contribution in [1.29, 1.82) is 0 Å². The van der Waals surface area contributed by atoms with E-state index in [0.29, 0.717) is 17.0 Å². The molecule has 0 saturated heterocycles. The zero-order valence-corrected chi connectivity index (χ0v) is 15.3. The van der Waals surface area contributed by atoms with Crippen molar-refractivity contribution < 1.29 is 19.1 Å². The normalized spacial score (nSPS) is 14.5. The molecule has 0 atom stereocenters. The molecule has 0 radical (unpaired) electrons. The summed E-state index contributed by atoms with van der Waals surface area (Å²) >= 11 is 1.13. The lowest BCUT2D eigenvalue weighted by molar-refractivity contribution is -0.119. The zero-order valence-electron chi connectivity index (χ0n) is 14.5. The minimum absolute atomic E-state index is 0.115. The second-order valence-corrected chi connectivity index (χ2v) is 7.18. The number of nitrogens with zero attached hydrogens (tertiary/aromatic N) is 1. The van der Waals surface area contributed by atoms with Crippen LogP contribution in [0.1, 0.15) is 16.7 Å². The van der Waals surface area contributed by atoms with E-state index in [4.69, 9.17) is 5.11 Å². The van der Waals surface area contributed by atoms with Gasteiger partial charge in [-0.05, 0) is 54.8 Å². The van der Waals surface area contributed by atoms with Crippen molar-refractivity contribution in [3.8, 4) is 0 Å². The van der Waals surface area contributed by atoms with Crippen LogP contribution in [0.4, 0.5) is 10.1 Å². The van der Waals surface area contributed by atoms with Gasteiger partial charge in [-0.2, -0.15) is 0 Å². The highest BCUT2D eigenvalue weighted by Crippen LogP contribution is 2.38. The van der Waals surface area contributed by atoms with Crippen LogP contribution in [0.3, 0.4) is 0 Å². The second-order valence-electron chi connectivity index (χ2n) is 6.07. The number of rotatable bonds is 5. The van der Waals surface area contributed by atoms with Crippen LogP contribution in [0.25, 0.3) is 5.57 Å². The van der Waals surface area contributed by atoms with E-state index in [1.807, 2.05) is 19.9 Å². The van der Waals surface area contributed by atoms with Gasteiger partial charge in [0, 0.05) is 5.75 Å². The molecule has 0 fully saturated rings. The predicted octanol–water partition coefficient (Wildman–Crippen LogP) is 3.45. The van der Waals surface area contributed by atoms with Crippen molar-refractivity contribution in [3.63, 3.8) is 0 Å². The number of aryl methyl sites for hydroxylation is 2. The van der Waals surface area contributed by atoms with Crippen molar-refractivity contribution in [2.24, 2.45) is 0 Å². The van der Waals surface area contributed by atoms with Crippen LogP contribution < -0.4 is 4.90 Å². The van der Waals surface area contributed by atoms with Gasteiger partial charge in [-0.25, -0.2) is 9.29 Å². The smallest absolute Gasteiger partial charge is 0.272 e. The zero-order chi connectivity index (χ0) is 18.8. The summed E-state index contributed by atoms with van der Waals surface area (Å²) in [6.07, 6.45) is 0. The van der Waals surface area contributed by atoms with E-state index in [1.165, 1.54) is 24.3 Å². The summed E-state index contributed by atoms with van der Waals surface area (Å²) in [5.74, 6) is -0.980. The van der Waals surface area contributed by atoms with E-state index in [9.17, 15) is 14.0 Å². The molecule has 1 N–H and O–H groups in total. The Kier molecular flexibility index (Phi) is 5.25. The largest absolute Gasteiger partial charge is 0.396 e. The van der Waals surface area contributed by atoms with E-state index in [2.05, 4.69) is 0 Å². The van der Waals surface area contributed by atoms with Gasteiger partial charge in [0.15, 0.2) is 0 Å². The molecule has 4 nitrogen and oxygen atoms in total. The summed E-state index contributed by atoms with van der Waals surface area (Å²) in [4.78, 5) is 27.5. The quantitative estimate of drug-likeness (QED) is 0.818. The molecule has 2 aromatic carbocycles. The van der Waals surface area contributed by atoms with Gasteiger partial charge in [0.2, 0.25) is 0 Å². The Morgan fingerprint density at radius 1 is 1.00 bits per heavy atom. The lowest BCUT2D eigenvalue weighted by Gasteiger charge is -2.16. The van der Waals surface area contributed by atoms with E-state index < -0.39 is 17.6 Å². The van der Waals surface area contributed by atoms with Gasteiger partial charge in [0.05, 0.1) is 22.8 Å². The molecular formula is C20H18FNO3S. The standard InChI is InChI=1S/C20H18FNO3S/c1-12-9-13(2)11-16(10-12)22-19(24)17(14-3-5-15(21)6-4-14)18(20(22)25)26-8-7-23/h3-6,9-11,23H,7-8H2,1-2H3. The molecule has 26 heavy (non-hydrogen) atoms. The van der Waals surface area contributed by atoms with Crippen LogP contribution in [0.15, 0.2) is 47.4 Å². The number of aliphatic hydroxyl groups is 1. The molecular weight excluding hydrogens is 353 g/mol. The fraction of sp³-hybridized carbons (Fsp3) is 0.200. The third kappa shape index (κ3) is 3.43. The topological polar surface area (TPSA) is 57.6 Å². The minimum atomic E-state index is -0.438. The molecule has 0 aromatic heterocycles. The van der Waals surface area contributed by atoms with Crippen LogP contribution in [-0.4, -0.2) is 29.3 Å². The van der Waals surface area contributed by atoms with Crippen molar-refractivity contribution >= 4 is 34.8 Å². The Bertz CT molecular complexity index is 886. The van der Waals surface area contributed by atoms with Gasteiger partial charge >= 0.3 is 0 Å². The number of halogens is 1. The molecule has 0 aliphatic carbocycles. The average molecular weight is 371 g/mol. The fourth-order valence-electron chi connectivity index (χ4n) is 2.98. The summed E-state index contributed by atoms with van der Waals surface area (Å²) in [6, 6.07) is 11.0. The first-order chi connectivity index (χ1) is 12.4. The minimum Gasteiger partial charge on any atom is -0.396 e. The molecule has 1 aliphatic heterocycles. The maximum Gasteiger partial charge on any atom is 0.272 e. The third-order valence-electron chi connectivity index (χ3n) is 3.98. The summed E-state index contributed by atoms with van der Waals surface area (Å²) in [6.45, 7) is 3.68. The van der Waals surface area contributed by atoms with Crippen LogP contribution in [0, 0.1) is 19.7 Å². The first-order valence-electron chi connectivity index (χ1n) is 8.13. The van der Waals surface area contributed by atoms with E-state index >= 15 is 0 Å². The highest BCUT2D eigenvalue weighted by Gasteiger charge is 2.40. The van der Waals surface area contributed by atoms with Crippen molar-refractivity contribution in [1.82, 2.24) is 0 Å². The molecule has 3 rings (SSSR count). The summed E-state index contributed by atoms with van der Waals surface area (Å²) in [5.41, 5.74) is 3.13. The highest BCUT2D eigenvalue weighted by atomic mass is 32.2. The molecule has 2 amide bonds. The molecule has 0 unspecified atom stereocenters. The number of hydrogen-bond acceptors (Lipinski definition) is 4. The molecule has 134 valence electrons. The van der Waals surface area contributed by atoms with Gasteiger partial charge in [-0.3, -0.25) is 9.59 Å². The number of thioether (sulfide) groups is 1. The monoisotopic (exact) mass is 371 g/mol. The first kappa shape index (κ1) is 18.4. The maximum atomic E-state index is 13.3. The van der Waals surface area contributed by atoms with E-state index in [-0.39, 0.29) is 17.1 Å². The number of benzene rings is 2. The Morgan fingerprint density at radius 2 is 1.62 bits per heavy atom. The third-order valence-corrected chi connectivity index (χ3v) is 5.03. The number of anilines is 1. The number of carbonyl (C=O) groups is 2. The van der Waals surface area contributed by atoms with Crippen molar-refractivity contribution in [2.45, 2.75) is 13.8 Å². The number of aliphatic hydroxyl groups excluding tert-OH is 1. The number of amides is 2. The number of carbonyl (C=O) groups excluding carboxylic acids is 2. The fourth-order valence-corrected chi connectivity index (χ4v) is 3.84. The lowest BCUT2D eigenvalue weighted by atomic mass is 10.1. The molecule has 0 bridgehead atoms. The van der Waals surface area contributed by atoms with Crippen LogP contribution in [0.2, 0.25) is 0 Å². The molecule has 0 saturated carbocycles. The molecule has 2 aromatic rings. The predicted molar refractivity (Wildman–Crippen MR) is 101 cm³/mol. The molecule has 1 aliphatic rings. The maximum absolute atomic E-state index is 13.3. The summed E-state index contributed by atoms with van der Waals surface area (Å²) in [5, 5.41) is 9.12. The van der Waals surface area contributed by atoms with E-state index in [1.54, 1.807) is 12.1 Å². The number of imide groups is 1. The lowest BCUT2D eigenvalue weighted by Crippen LogP contribution is -2.31. The van der Waals surface area contributed by atoms with Gasteiger partial charge in [-0.1, -0.05) is 18.2 Å². The SMILES string of the molecule is Cc1cc(C)cc(N2C(=O)C(SCCO)=C(c3ccc(F)cc3)C2=O)c1. The number of hydrogen-bond donors (Lipinski definition) is 1. The Morgan fingerprint density at radius 3 is 2.19 bits per heavy atom. The van der Waals surface area contributed by atoms with Crippen molar-refractivity contribution in [3.05, 3.63) is 69.9 Å². The molecule has 6 heteroatoms. The second kappa shape index (κ2) is 7.43. The average Bonchev–Trinajstić information content (AvgIpc) is 2.83. The van der Waals surface area contributed by atoms with Gasteiger partial charge < -0.3 is 5.11 Å². The van der Waals surface area contributed by atoms with Gasteiger partial charge in [-0.15, -0.1) is 11.8 Å². The molecule has 0 spiro atoms.